The van der Waals surface area contributed by atoms with Gasteiger partial charge in [0.1, 0.15) is 0 Å². The molecule has 0 aliphatic heterocycles. The number of aromatic amines is 1. The Morgan fingerprint density at radius 2 is 2.15 bits per heavy atom. The zero-order valence-electron chi connectivity index (χ0n) is 7.15. The first-order valence-electron chi connectivity index (χ1n) is 3.96. The molecule has 0 aliphatic carbocycles. The van der Waals surface area contributed by atoms with Crippen LogP contribution in [0.25, 0.3) is 0 Å². The van der Waals surface area contributed by atoms with Crippen molar-refractivity contribution in [3.8, 4) is 0 Å². The molecule has 0 aliphatic rings. The average Bonchev–Trinajstić information content (AvgIpc) is 2.49. The molecule has 1 atom stereocenters. The average molecular weight is 192 g/mol. The van der Waals surface area contributed by atoms with Crippen LogP contribution in [0.2, 0.25) is 0 Å². The lowest BCUT2D eigenvalue weighted by Crippen LogP contribution is -2.15. The van der Waals surface area contributed by atoms with Crippen LogP contribution in [-0.4, -0.2) is 4.98 Å². The molecule has 3 N–H and O–H groups in total. The first-order chi connectivity index (χ1) is 5.96. The molecular weight excluding hydrogens is 181 g/mol. The Labute approximate surface area is 73.9 Å². The molecule has 0 spiro atoms. The van der Waals surface area contributed by atoms with Gasteiger partial charge in [0.15, 0.2) is 0 Å². The number of alkyl halides is 3. The Kier molecular flexibility index (Phi) is 2.66. The molecule has 0 bridgehead atoms. The van der Waals surface area contributed by atoms with Crippen LogP contribution in [0.4, 0.5) is 13.2 Å². The van der Waals surface area contributed by atoms with Gasteiger partial charge in [-0.2, -0.15) is 13.2 Å². The summed E-state index contributed by atoms with van der Waals surface area (Å²) >= 11 is 0. The highest BCUT2D eigenvalue weighted by atomic mass is 19.4. The number of halogens is 3. The summed E-state index contributed by atoms with van der Waals surface area (Å²) in [5, 5.41) is 0. The Bertz CT molecular complexity index is 277. The maximum atomic E-state index is 12.3. The Hall–Kier alpha value is -0.970. The van der Waals surface area contributed by atoms with Crippen molar-refractivity contribution in [2.24, 2.45) is 5.73 Å². The second kappa shape index (κ2) is 3.41. The summed E-state index contributed by atoms with van der Waals surface area (Å²) < 4.78 is 36.9. The van der Waals surface area contributed by atoms with Crippen LogP contribution in [0.1, 0.15) is 30.6 Å². The molecule has 13 heavy (non-hydrogen) atoms. The van der Waals surface area contributed by atoms with Gasteiger partial charge in [-0.25, -0.2) is 0 Å². The number of nitrogens with two attached hydrogens (primary N) is 1. The number of aromatic nitrogens is 1. The SMILES string of the molecule is CCC(N)c1[nH]ccc1C(F)(F)F. The second-order valence-corrected chi connectivity index (χ2v) is 2.82. The van der Waals surface area contributed by atoms with Gasteiger partial charge in [0.25, 0.3) is 0 Å². The zero-order valence-corrected chi connectivity index (χ0v) is 7.15. The highest BCUT2D eigenvalue weighted by Crippen LogP contribution is 2.33. The van der Waals surface area contributed by atoms with Crippen LogP contribution in [0, 0.1) is 0 Å². The third-order valence-corrected chi connectivity index (χ3v) is 1.90. The van der Waals surface area contributed by atoms with Gasteiger partial charge in [-0.15, -0.1) is 0 Å². The van der Waals surface area contributed by atoms with Gasteiger partial charge in [-0.1, -0.05) is 6.92 Å². The van der Waals surface area contributed by atoms with Gasteiger partial charge in [0.05, 0.1) is 5.56 Å². The number of nitrogens with one attached hydrogen (secondary N) is 1. The lowest BCUT2D eigenvalue weighted by atomic mass is 10.1. The van der Waals surface area contributed by atoms with Gasteiger partial charge in [0.2, 0.25) is 0 Å². The minimum Gasteiger partial charge on any atom is -0.363 e. The summed E-state index contributed by atoms with van der Waals surface area (Å²) in [6.45, 7) is 1.74. The molecule has 0 aromatic carbocycles. The van der Waals surface area contributed by atoms with E-state index in [2.05, 4.69) is 4.98 Å². The molecule has 0 amide bonds. The summed E-state index contributed by atoms with van der Waals surface area (Å²) in [6, 6.07) is 0.428. The van der Waals surface area contributed by atoms with E-state index in [1.165, 1.54) is 6.20 Å². The van der Waals surface area contributed by atoms with E-state index in [4.69, 9.17) is 5.73 Å². The largest absolute Gasteiger partial charge is 0.418 e. The molecular formula is C8H11F3N2. The first-order valence-corrected chi connectivity index (χ1v) is 3.96. The van der Waals surface area contributed by atoms with Gasteiger partial charge < -0.3 is 10.7 Å². The summed E-state index contributed by atoms with van der Waals surface area (Å²) in [4.78, 5) is 2.52. The van der Waals surface area contributed by atoms with E-state index in [0.717, 1.165) is 6.07 Å². The maximum Gasteiger partial charge on any atom is 0.418 e. The standard InChI is InChI=1S/C8H11F3N2/c1-2-6(12)7-5(3-4-13-7)8(9,10)11/h3-4,6,13H,2,12H2,1H3. The lowest BCUT2D eigenvalue weighted by Gasteiger charge is -2.12. The number of rotatable bonds is 2. The van der Waals surface area contributed by atoms with Gasteiger partial charge >= 0.3 is 6.18 Å². The Morgan fingerprint density at radius 3 is 2.62 bits per heavy atom. The lowest BCUT2D eigenvalue weighted by molar-refractivity contribution is -0.138. The zero-order chi connectivity index (χ0) is 10.1. The van der Waals surface area contributed by atoms with Crippen LogP contribution in [0.5, 0.6) is 0 Å². The molecule has 2 nitrogen and oxygen atoms in total. The maximum absolute atomic E-state index is 12.3. The summed E-state index contributed by atoms with van der Waals surface area (Å²) in [7, 11) is 0. The Morgan fingerprint density at radius 1 is 1.54 bits per heavy atom. The quantitative estimate of drug-likeness (QED) is 0.742. The van der Waals surface area contributed by atoms with Gasteiger partial charge in [-0.05, 0) is 12.5 Å². The normalized spacial score (nSPS) is 14.5. The van der Waals surface area contributed by atoms with Crippen molar-refractivity contribution in [2.75, 3.05) is 0 Å². The molecule has 0 saturated carbocycles. The topological polar surface area (TPSA) is 41.8 Å². The fourth-order valence-corrected chi connectivity index (χ4v) is 1.14. The van der Waals surface area contributed by atoms with E-state index in [1.807, 2.05) is 0 Å². The second-order valence-electron chi connectivity index (χ2n) is 2.82. The Balaban J connectivity index is 3.03. The molecule has 74 valence electrons. The molecule has 1 aromatic rings. The molecule has 1 aromatic heterocycles. The fraction of sp³-hybridized carbons (Fsp3) is 0.500. The predicted molar refractivity (Wildman–Crippen MR) is 43.0 cm³/mol. The monoisotopic (exact) mass is 192 g/mol. The molecule has 0 saturated heterocycles. The number of H-pyrrole nitrogens is 1. The van der Waals surface area contributed by atoms with Crippen molar-refractivity contribution >= 4 is 0 Å². The van der Waals surface area contributed by atoms with Gasteiger partial charge in [0, 0.05) is 17.9 Å². The van der Waals surface area contributed by atoms with E-state index in [1.54, 1.807) is 6.92 Å². The van der Waals surface area contributed by atoms with Crippen LogP contribution >= 0.6 is 0 Å². The van der Waals surface area contributed by atoms with Crippen LogP contribution < -0.4 is 5.73 Å². The van der Waals surface area contributed by atoms with E-state index in [0.29, 0.717) is 6.42 Å². The number of hydrogen-bond donors (Lipinski definition) is 2. The van der Waals surface area contributed by atoms with Crippen LogP contribution in [0.15, 0.2) is 12.3 Å². The van der Waals surface area contributed by atoms with Crippen molar-refractivity contribution < 1.29 is 13.2 Å². The molecule has 1 rings (SSSR count). The van der Waals surface area contributed by atoms with Gasteiger partial charge in [-0.3, -0.25) is 0 Å². The third kappa shape index (κ3) is 2.03. The highest BCUT2D eigenvalue weighted by Gasteiger charge is 2.35. The van der Waals surface area contributed by atoms with Crippen LogP contribution in [-0.2, 0) is 6.18 Å². The van der Waals surface area contributed by atoms with Crippen molar-refractivity contribution in [1.29, 1.82) is 0 Å². The smallest absolute Gasteiger partial charge is 0.363 e. The minimum atomic E-state index is -4.32. The van der Waals surface area contributed by atoms with E-state index < -0.39 is 17.8 Å². The number of hydrogen-bond acceptors (Lipinski definition) is 1. The molecule has 5 heteroatoms. The summed E-state index contributed by atoms with van der Waals surface area (Å²) in [5.74, 6) is 0. The molecule has 1 unspecified atom stereocenters. The van der Waals surface area contributed by atoms with Crippen molar-refractivity contribution in [3.05, 3.63) is 23.5 Å². The van der Waals surface area contributed by atoms with Crippen molar-refractivity contribution in [3.63, 3.8) is 0 Å². The summed E-state index contributed by atoms with van der Waals surface area (Å²) in [6.07, 6.45) is -2.58. The molecule has 0 fully saturated rings. The predicted octanol–water partition coefficient (Wildman–Crippen LogP) is 2.44. The first kappa shape index (κ1) is 10.1. The molecule has 1 heterocycles. The summed E-state index contributed by atoms with van der Waals surface area (Å²) in [5.41, 5.74) is 4.90. The van der Waals surface area contributed by atoms with E-state index in [-0.39, 0.29) is 5.69 Å². The van der Waals surface area contributed by atoms with Crippen molar-refractivity contribution in [2.45, 2.75) is 25.6 Å². The van der Waals surface area contributed by atoms with E-state index in [9.17, 15) is 13.2 Å². The van der Waals surface area contributed by atoms with Crippen LogP contribution in [0.3, 0.4) is 0 Å². The fourth-order valence-electron chi connectivity index (χ4n) is 1.14. The minimum absolute atomic E-state index is 0.0648. The van der Waals surface area contributed by atoms with E-state index >= 15 is 0 Å². The van der Waals surface area contributed by atoms with Crippen molar-refractivity contribution in [1.82, 2.24) is 4.98 Å². The third-order valence-electron chi connectivity index (χ3n) is 1.90. The highest BCUT2D eigenvalue weighted by molar-refractivity contribution is 5.26. The molecule has 0 radical (unpaired) electrons.